The number of carboxylic acid groups (broad SMARTS) is 2. The molecule has 2 atom stereocenters. The van der Waals surface area contributed by atoms with Gasteiger partial charge in [0, 0.05) is 12.8 Å². The molecular weight excluding hydrogens is 338 g/mol. The Kier molecular flexibility index (Phi) is 10.5. The van der Waals surface area contributed by atoms with Crippen LogP contribution in [-0.2, 0) is 28.7 Å². The number of aliphatic carboxylic acids is 2. The maximum Gasteiger partial charge on any atom is 0.322 e. The molecular formula is C14H23N3O8. The molecule has 0 radical (unpaired) electrons. The van der Waals surface area contributed by atoms with Crippen molar-refractivity contribution in [1.82, 2.24) is 10.6 Å². The van der Waals surface area contributed by atoms with E-state index < -0.39 is 55.0 Å². The van der Waals surface area contributed by atoms with E-state index in [1.54, 1.807) is 6.92 Å². The van der Waals surface area contributed by atoms with E-state index in [0.29, 0.717) is 6.42 Å². The second kappa shape index (κ2) is 11.8. The SMILES string of the molecule is CCCC(=O)OC[C@H](NC(=O)CC[C@H](N)C(=O)O)C(=O)NCC(=O)O. The van der Waals surface area contributed by atoms with Crippen molar-refractivity contribution in [1.29, 1.82) is 0 Å². The minimum atomic E-state index is -1.30. The number of esters is 1. The Labute approximate surface area is 143 Å². The molecule has 0 aliphatic rings. The first-order chi connectivity index (χ1) is 11.7. The fraction of sp³-hybridized carbons (Fsp3) is 0.643. The Morgan fingerprint density at radius 2 is 1.76 bits per heavy atom. The first kappa shape index (κ1) is 22.3. The molecule has 0 aromatic rings. The minimum absolute atomic E-state index is 0.130. The largest absolute Gasteiger partial charge is 0.480 e. The lowest BCUT2D eigenvalue weighted by atomic mass is 10.1. The van der Waals surface area contributed by atoms with E-state index >= 15 is 0 Å². The molecule has 25 heavy (non-hydrogen) atoms. The highest BCUT2D eigenvalue weighted by Gasteiger charge is 2.23. The monoisotopic (exact) mass is 361 g/mol. The van der Waals surface area contributed by atoms with E-state index in [9.17, 15) is 24.0 Å². The van der Waals surface area contributed by atoms with Crippen LogP contribution in [0.1, 0.15) is 32.6 Å². The van der Waals surface area contributed by atoms with Crippen molar-refractivity contribution in [3.8, 4) is 0 Å². The van der Waals surface area contributed by atoms with Crippen LogP contribution >= 0.6 is 0 Å². The molecule has 11 nitrogen and oxygen atoms in total. The van der Waals surface area contributed by atoms with Gasteiger partial charge in [0.15, 0.2) is 0 Å². The van der Waals surface area contributed by atoms with Crippen molar-refractivity contribution >= 4 is 29.7 Å². The summed E-state index contributed by atoms with van der Waals surface area (Å²) in [6, 6.07) is -2.53. The highest BCUT2D eigenvalue weighted by molar-refractivity contribution is 5.90. The third-order valence-corrected chi connectivity index (χ3v) is 2.93. The van der Waals surface area contributed by atoms with Crippen LogP contribution in [0.4, 0.5) is 0 Å². The van der Waals surface area contributed by atoms with Crippen LogP contribution < -0.4 is 16.4 Å². The number of carbonyl (C=O) groups is 5. The summed E-state index contributed by atoms with van der Waals surface area (Å²) in [6.45, 7) is 0.616. The first-order valence-corrected chi connectivity index (χ1v) is 7.60. The summed E-state index contributed by atoms with van der Waals surface area (Å²) in [5, 5.41) is 21.5. The van der Waals surface area contributed by atoms with Gasteiger partial charge in [-0.1, -0.05) is 6.92 Å². The molecule has 0 fully saturated rings. The molecule has 142 valence electrons. The number of amides is 2. The number of nitrogens with one attached hydrogen (secondary N) is 2. The molecule has 0 bridgehead atoms. The fourth-order valence-electron chi connectivity index (χ4n) is 1.60. The predicted octanol–water partition coefficient (Wildman–Crippen LogP) is -1.79. The zero-order valence-corrected chi connectivity index (χ0v) is 13.8. The lowest BCUT2D eigenvalue weighted by molar-refractivity contribution is -0.147. The van der Waals surface area contributed by atoms with E-state index in [4.69, 9.17) is 20.7 Å². The van der Waals surface area contributed by atoms with Gasteiger partial charge >= 0.3 is 17.9 Å². The normalized spacial score (nSPS) is 12.6. The average Bonchev–Trinajstić information content (AvgIpc) is 2.54. The van der Waals surface area contributed by atoms with Crippen molar-refractivity contribution in [3.05, 3.63) is 0 Å². The molecule has 0 aliphatic heterocycles. The van der Waals surface area contributed by atoms with Gasteiger partial charge in [0.25, 0.3) is 0 Å². The third-order valence-electron chi connectivity index (χ3n) is 2.93. The van der Waals surface area contributed by atoms with Gasteiger partial charge < -0.3 is 31.3 Å². The number of hydrogen-bond acceptors (Lipinski definition) is 7. The molecule has 0 saturated heterocycles. The summed E-state index contributed by atoms with van der Waals surface area (Å²) in [5.74, 6) is -4.65. The van der Waals surface area contributed by atoms with Crippen LogP contribution in [0.25, 0.3) is 0 Å². The van der Waals surface area contributed by atoms with Crippen molar-refractivity contribution < 1.29 is 38.9 Å². The number of ether oxygens (including phenoxy) is 1. The maximum absolute atomic E-state index is 11.9. The molecule has 0 rings (SSSR count). The molecule has 0 spiro atoms. The van der Waals surface area contributed by atoms with Gasteiger partial charge in [-0.05, 0) is 12.8 Å². The second-order valence-corrected chi connectivity index (χ2v) is 5.15. The Bertz CT molecular complexity index is 508. The molecule has 0 saturated carbocycles. The van der Waals surface area contributed by atoms with E-state index in [1.807, 2.05) is 0 Å². The van der Waals surface area contributed by atoms with Crippen LogP contribution in [0.2, 0.25) is 0 Å². The average molecular weight is 361 g/mol. The number of rotatable bonds is 12. The van der Waals surface area contributed by atoms with Crippen molar-refractivity contribution in [2.24, 2.45) is 5.73 Å². The zero-order valence-electron chi connectivity index (χ0n) is 13.8. The molecule has 0 aliphatic carbocycles. The van der Waals surface area contributed by atoms with E-state index in [1.165, 1.54) is 0 Å². The summed E-state index contributed by atoms with van der Waals surface area (Å²) in [4.78, 5) is 56.1. The zero-order chi connectivity index (χ0) is 19.4. The highest BCUT2D eigenvalue weighted by atomic mass is 16.5. The topological polar surface area (TPSA) is 185 Å². The number of carboxylic acids is 2. The highest BCUT2D eigenvalue weighted by Crippen LogP contribution is 1.98. The smallest absolute Gasteiger partial charge is 0.322 e. The van der Waals surface area contributed by atoms with Gasteiger partial charge in [-0.25, -0.2) is 0 Å². The second-order valence-electron chi connectivity index (χ2n) is 5.15. The number of hydrogen-bond donors (Lipinski definition) is 5. The van der Waals surface area contributed by atoms with Gasteiger partial charge in [-0.2, -0.15) is 0 Å². The molecule has 0 unspecified atom stereocenters. The Morgan fingerprint density at radius 1 is 1.12 bits per heavy atom. The number of carbonyl (C=O) groups excluding carboxylic acids is 3. The van der Waals surface area contributed by atoms with Crippen LogP contribution in [0, 0.1) is 0 Å². The van der Waals surface area contributed by atoms with Gasteiger partial charge in [0.1, 0.15) is 25.2 Å². The standard InChI is InChI=1S/C14H23N3O8/c1-2-3-12(21)25-7-9(13(22)16-6-11(19)20)17-10(18)5-4-8(15)14(23)24/h8-9H,2-7,15H2,1H3,(H,16,22)(H,17,18)(H,19,20)(H,23,24)/t8-,9-/m0/s1. The molecule has 0 heterocycles. The lowest BCUT2D eigenvalue weighted by Crippen LogP contribution is -2.50. The minimum Gasteiger partial charge on any atom is -0.480 e. The van der Waals surface area contributed by atoms with Crippen LogP contribution in [0.5, 0.6) is 0 Å². The molecule has 0 aromatic carbocycles. The molecule has 6 N–H and O–H groups in total. The van der Waals surface area contributed by atoms with Crippen LogP contribution in [0.3, 0.4) is 0 Å². The first-order valence-electron chi connectivity index (χ1n) is 7.60. The summed E-state index contributed by atoms with van der Waals surface area (Å²) >= 11 is 0. The quantitative estimate of drug-likeness (QED) is 0.250. The van der Waals surface area contributed by atoms with Crippen LogP contribution in [-0.4, -0.2) is 65.2 Å². The molecule has 0 aromatic heterocycles. The summed E-state index contributed by atoms with van der Waals surface area (Å²) in [7, 11) is 0. The third kappa shape index (κ3) is 10.7. The van der Waals surface area contributed by atoms with Gasteiger partial charge in [-0.3, -0.25) is 24.0 Å². The maximum atomic E-state index is 11.9. The lowest BCUT2D eigenvalue weighted by Gasteiger charge is -2.18. The summed E-state index contributed by atoms with van der Waals surface area (Å²) in [5.41, 5.74) is 5.27. The van der Waals surface area contributed by atoms with Crippen molar-refractivity contribution in [2.75, 3.05) is 13.2 Å². The molecule has 2 amide bonds. The van der Waals surface area contributed by atoms with Crippen molar-refractivity contribution in [2.45, 2.75) is 44.7 Å². The molecule has 11 heteroatoms. The van der Waals surface area contributed by atoms with E-state index in [-0.39, 0.29) is 19.3 Å². The predicted molar refractivity (Wildman–Crippen MR) is 83.3 cm³/mol. The van der Waals surface area contributed by atoms with Gasteiger partial charge in [-0.15, -0.1) is 0 Å². The number of nitrogens with two attached hydrogens (primary N) is 1. The Balaban J connectivity index is 4.66. The van der Waals surface area contributed by atoms with Crippen molar-refractivity contribution in [3.63, 3.8) is 0 Å². The van der Waals surface area contributed by atoms with E-state index in [2.05, 4.69) is 10.6 Å². The fourth-order valence-corrected chi connectivity index (χ4v) is 1.60. The Hall–Kier alpha value is -2.69. The Morgan fingerprint density at radius 3 is 2.28 bits per heavy atom. The summed E-state index contributed by atoms with van der Waals surface area (Å²) in [6.07, 6.45) is 0.248. The van der Waals surface area contributed by atoms with Gasteiger partial charge in [0.05, 0.1) is 0 Å². The van der Waals surface area contributed by atoms with Crippen LogP contribution in [0.15, 0.2) is 0 Å². The van der Waals surface area contributed by atoms with Gasteiger partial charge in [0.2, 0.25) is 11.8 Å². The van der Waals surface area contributed by atoms with E-state index in [0.717, 1.165) is 0 Å². The summed E-state index contributed by atoms with van der Waals surface area (Å²) < 4.78 is 4.86.